The first kappa shape index (κ1) is 27.6. The number of sulfonamides is 1. The lowest BCUT2D eigenvalue weighted by molar-refractivity contribution is -0.121. The third-order valence-electron chi connectivity index (χ3n) is 5.89. The lowest BCUT2D eigenvalue weighted by Gasteiger charge is -2.24. The number of carbonyl (C=O) groups is 1. The zero-order valence-corrected chi connectivity index (χ0v) is 22.5. The molecule has 38 heavy (non-hydrogen) atoms. The van der Waals surface area contributed by atoms with Crippen LogP contribution in [0.3, 0.4) is 0 Å². The van der Waals surface area contributed by atoms with E-state index in [-0.39, 0.29) is 23.3 Å². The van der Waals surface area contributed by atoms with Crippen molar-refractivity contribution in [1.29, 1.82) is 0 Å². The molecular weight excluding hydrogens is 549 g/mol. The van der Waals surface area contributed by atoms with Gasteiger partial charge < -0.3 is 16.2 Å². The Labute approximate surface area is 230 Å². The number of nitrogens with one attached hydrogen (secondary N) is 1. The fourth-order valence-electron chi connectivity index (χ4n) is 3.95. The zero-order valence-electron chi connectivity index (χ0n) is 20.2. The summed E-state index contributed by atoms with van der Waals surface area (Å²) in [4.78, 5) is 12.0. The fraction of sp³-hybridized carbons (Fsp3) is 0.192. The highest BCUT2D eigenvalue weighted by molar-refractivity contribution is 7.90. The molecule has 1 aliphatic rings. The molecule has 0 bridgehead atoms. The van der Waals surface area contributed by atoms with Crippen LogP contribution in [0.2, 0.25) is 10.0 Å². The van der Waals surface area contributed by atoms with Crippen molar-refractivity contribution in [3.63, 3.8) is 0 Å². The van der Waals surface area contributed by atoms with Gasteiger partial charge in [0, 0.05) is 16.0 Å². The summed E-state index contributed by atoms with van der Waals surface area (Å²) in [7, 11) is -4.28. The molecule has 12 heteroatoms. The van der Waals surface area contributed by atoms with Crippen LogP contribution in [0.15, 0.2) is 93.3 Å². The smallest absolute Gasteiger partial charge is 0.285 e. The number of hydrogen-bond acceptors (Lipinski definition) is 5. The Kier molecular flexibility index (Phi) is 8.37. The average Bonchev–Trinajstić information content (AvgIpc) is 3.33. The number of aliphatic hydroxyl groups excluding tert-OH is 1. The summed E-state index contributed by atoms with van der Waals surface area (Å²) < 4.78 is 30.4. The van der Waals surface area contributed by atoms with E-state index in [1.807, 2.05) is 42.5 Å². The number of rotatable bonds is 7. The van der Waals surface area contributed by atoms with Crippen molar-refractivity contribution in [2.75, 3.05) is 6.54 Å². The molecule has 0 aliphatic carbocycles. The quantitative estimate of drug-likeness (QED) is 0.292. The number of halogens is 2. The number of amides is 1. The summed E-state index contributed by atoms with van der Waals surface area (Å²) in [6, 6.07) is 20.8. The number of benzene rings is 3. The number of nitrogens with two attached hydrogens (primary N) is 1. The van der Waals surface area contributed by atoms with Crippen molar-refractivity contribution in [1.82, 2.24) is 10.3 Å². The maximum absolute atomic E-state index is 13.2. The van der Waals surface area contributed by atoms with Crippen LogP contribution in [0, 0.1) is 0 Å². The highest BCUT2D eigenvalue weighted by Crippen LogP contribution is 2.30. The summed E-state index contributed by atoms with van der Waals surface area (Å²) in [6.07, 6.45) is -1.25. The molecule has 0 saturated carbocycles. The van der Waals surface area contributed by atoms with E-state index in [9.17, 15) is 18.3 Å². The van der Waals surface area contributed by atoms with Gasteiger partial charge in [0.1, 0.15) is 6.04 Å². The first-order valence-electron chi connectivity index (χ1n) is 11.6. The van der Waals surface area contributed by atoms with Gasteiger partial charge >= 0.3 is 0 Å². The Morgan fingerprint density at radius 2 is 1.63 bits per heavy atom. The molecule has 3 aromatic carbocycles. The number of aliphatic hydroxyl groups is 1. The summed E-state index contributed by atoms with van der Waals surface area (Å²) >= 11 is 12.0. The standard InChI is InChI=1S/C26H25Cl2N5O4S/c1-16(34)23(25(29)35)30-26(32-38(36,37)21-13-11-20(28)12-14-21)33-15-22(17-5-3-2-4-6-17)24(31-33)18-7-9-19(27)10-8-18/h2-14,16,22-23,34H,15H2,1H3,(H2,29,35)(H,30,32)/t16-,22+,23-/m1/s1. The van der Waals surface area contributed by atoms with E-state index in [1.165, 1.54) is 36.2 Å². The SMILES string of the molecule is C[C@@H](O)[C@@H](N/C(=N/S(=O)(=O)c1ccc(Cl)cc1)N1C[C@@H](c2ccccc2)C(c2ccc(Cl)cc2)=N1)C(N)=O. The lowest BCUT2D eigenvalue weighted by atomic mass is 9.91. The molecule has 0 spiro atoms. The lowest BCUT2D eigenvalue weighted by Crippen LogP contribution is -2.54. The van der Waals surface area contributed by atoms with Crippen LogP contribution in [0.25, 0.3) is 0 Å². The molecule has 1 heterocycles. The highest BCUT2D eigenvalue weighted by atomic mass is 35.5. The van der Waals surface area contributed by atoms with Crippen LogP contribution in [0.4, 0.5) is 0 Å². The van der Waals surface area contributed by atoms with E-state index in [2.05, 4.69) is 9.71 Å². The summed E-state index contributed by atoms with van der Waals surface area (Å²) in [5.74, 6) is -1.44. The van der Waals surface area contributed by atoms with Crippen molar-refractivity contribution in [2.45, 2.75) is 29.9 Å². The second kappa shape index (κ2) is 11.5. The largest absolute Gasteiger partial charge is 0.391 e. The van der Waals surface area contributed by atoms with Crippen molar-refractivity contribution < 1.29 is 18.3 Å². The molecule has 4 rings (SSSR count). The van der Waals surface area contributed by atoms with Gasteiger partial charge in [0.2, 0.25) is 11.9 Å². The molecule has 3 atom stereocenters. The molecule has 0 radical (unpaired) electrons. The van der Waals surface area contributed by atoms with E-state index in [1.54, 1.807) is 12.1 Å². The maximum atomic E-state index is 13.2. The van der Waals surface area contributed by atoms with Gasteiger partial charge in [0.05, 0.1) is 23.3 Å². The normalized spacial score (nSPS) is 17.6. The van der Waals surface area contributed by atoms with Gasteiger partial charge in [0.15, 0.2) is 0 Å². The molecule has 0 saturated heterocycles. The van der Waals surface area contributed by atoms with Crippen LogP contribution in [0.5, 0.6) is 0 Å². The van der Waals surface area contributed by atoms with E-state index in [0.29, 0.717) is 15.8 Å². The molecule has 3 aromatic rings. The summed E-state index contributed by atoms with van der Waals surface area (Å²) in [6.45, 7) is 1.54. The van der Waals surface area contributed by atoms with Crippen molar-refractivity contribution >= 4 is 50.8 Å². The number of hydrazone groups is 1. The van der Waals surface area contributed by atoms with Crippen LogP contribution in [0.1, 0.15) is 24.0 Å². The predicted molar refractivity (Wildman–Crippen MR) is 148 cm³/mol. The van der Waals surface area contributed by atoms with E-state index >= 15 is 0 Å². The Hall–Kier alpha value is -3.44. The molecule has 1 amide bonds. The monoisotopic (exact) mass is 573 g/mol. The first-order chi connectivity index (χ1) is 18.0. The molecule has 0 unspecified atom stereocenters. The number of nitrogens with zero attached hydrogens (tertiary/aromatic N) is 3. The third kappa shape index (κ3) is 6.33. The minimum Gasteiger partial charge on any atom is -0.391 e. The Morgan fingerprint density at radius 3 is 2.18 bits per heavy atom. The van der Waals surface area contributed by atoms with E-state index < -0.39 is 28.1 Å². The Balaban J connectivity index is 1.82. The van der Waals surface area contributed by atoms with E-state index in [0.717, 1.165) is 11.1 Å². The fourth-order valence-corrected chi connectivity index (χ4v) is 5.16. The molecule has 198 valence electrons. The van der Waals surface area contributed by atoms with Crippen molar-refractivity contribution in [2.24, 2.45) is 15.2 Å². The van der Waals surface area contributed by atoms with Gasteiger partial charge in [-0.2, -0.15) is 13.5 Å². The van der Waals surface area contributed by atoms with Gasteiger partial charge in [-0.25, -0.2) is 5.01 Å². The molecular formula is C26H25Cl2N5O4S. The van der Waals surface area contributed by atoms with Gasteiger partial charge in [0.25, 0.3) is 10.0 Å². The zero-order chi connectivity index (χ0) is 27.4. The first-order valence-corrected chi connectivity index (χ1v) is 13.8. The summed E-state index contributed by atoms with van der Waals surface area (Å²) in [5.41, 5.74) is 7.82. The van der Waals surface area contributed by atoms with Gasteiger partial charge in [-0.15, -0.1) is 4.40 Å². The average molecular weight is 574 g/mol. The third-order valence-corrected chi connectivity index (χ3v) is 7.68. The molecule has 0 fully saturated rings. The number of hydrogen-bond donors (Lipinski definition) is 3. The number of primary amides is 1. The number of carbonyl (C=O) groups excluding carboxylic acids is 1. The maximum Gasteiger partial charge on any atom is 0.285 e. The van der Waals surface area contributed by atoms with Crippen molar-refractivity contribution in [3.05, 3.63) is 100 Å². The van der Waals surface area contributed by atoms with Crippen LogP contribution < -0.4 is 11.1 Å². The highest BCUT2D eigenvalue weighted by Gasteiger charge is 2.34. The molecule has 0 aromatic heterocycles. The summed E-state index contributed by atoms with van der Waals surface area (Å²) in [5, 5.41) is 19.8. The predicted octanol–water partition coefficient (Wildman–Crippen LogP) is 3.37. The second-order valence-corrected chi connectivity index (χ2v) is 11.1. The molecule has 1 aliphatic heterocycles. The minimum absolute atomic E-state index is 0.116. The van der Waals surface area contributed by atoms with Crippen molar-refractivity contribution in [3.8, 4) is 0 Å². The van der Waals surface area contributed by atoms with Crippen LogP contribution >= 0.6 is 23.2 Å². The Bertz CT molecular complexity index is 1460. The second-order valence-electron chi connectivity index (χ2n) is 8.65. The van der Waals surface area contributed by atoms with Gasteiger partial charge in [-0.1, -0.05) is 65.7 Å². The van der Waals surface area contributed by atoms with Gasteiger partial charge in [-0.05, 0) is 54.4 Å². The minimum atomic E-state index is -4.28. The Morgan fingerprint density at radius 1 is 1.05 bits per heavy atom. The topological polar surface area (TPSA) is 137 Å². The van der Waals surface area contributed by atoms with Crippen LogP contribution in [-0.2, 0) is 14.8 Å². The van der Waals surface area contributed by atoms with Gasteiger partial charge in [-0.3, -0.25) is 4.79 Å². The number of guanidine groups is 1. The van der Waals surface area contributed by atoms with E-state index in [4.69, 9.17) is 34.0 Å². The molecule has 9 nitrogen and oxygen atoms in total. The van der Waals surface area contributed by atoms with Crippen LogP contribution in [-0.4, -0.2) is 54.8 Å². The molecule has 4 N–H and O–H groups in total.